The number of nitrogens with two attached hydrogens (primary N) is 1. The van der Waals surface area contributed by atoms with E-state index in [1.807, 2.05) is 6.92 Å². The maximum absolute atomic E-state index is 12.1. The van der Waals surface area contributed by atoms with Crippen molar-refractivity contribution in [3.63, 3.8) is 0 Å². The van der Waals surface area contributed by atoms with Gasteiger partial charge in [0.2, 0.25) is 5.91 Å². The molecule has 120 valence electrons. The summed E-state index contributed by atoms with van der Waals surface area (Å²) in [7, 11) is 0. The van der Waals surface area contributed by atoms with Gasteiger partial charge in [-0.1, -0.05) is 6.92 Å². The van der Waals surface area contributed by atoms with Crippen molar-refractivity contribution in [3.8, 4) is 0 Å². The van der Waals surface area contributed by atoms with Crippen LogP contribution in [0.3, 0.4) is 0 Å². The molecule has 1 fully saturated rings. The van der Waals surface area contributed by atoms with Gasteiger partial charge in [-0.2, -0.15) is 0 Å². The second-order valence-corrected chi connectivity index (χ2v) is 5.27. The van der Waals surface area contributed by atoms with Crippen molar-refractivity contribution in [2.24, 2.45) is 5.73 Å². The number of hydrogen-bond donors (Lipinski definition) is 3. The molecule has 3 amide bonds. The number of hydrogen-bond acceptors (Lipinski definition) is 4. The number of aliphatic carboxylic acids is 1. The van der Waals surface area contributed by atoms with E-state index in [0.29, 0.717) is 13.1 Å². The highest BCUT2D eigenvalue weighted by molar-refractivity contribution is 5.83. The molecule has 1 saturated heterocycles. The molecule has 1 heterocycles. The van der Waals surface area contributed by atoms with Crippen molar-refractivity contribution in [1.29, 1.82) is 0 Å². The summed E-state index contributed by atoms with van der Waals surface area (Å²) in [4.78, 5) is 37.8. The lowest BCUT2D eigenvalue weighted by atomic mass is 10.1. The largest absolute Gasteiger partial charge is 0.480 e. The summed E-state index contributed by atoms with van der Waals surface area (Å²) in [6.45, 7) is 6.91. The quantitative estimate of drug-likeness (QED) is 0.608. The first-order valence-electron chi connectivity index (χ1n) is 7.15. The monoisotopic (exact) mass is 300 g/mol. The van der Waals surface area contributed by atoms with Crippen LogP contribution in [0.1, 0.15) is 26.7 Å². The van der Waals surface area contributed by atoms with Gasteiger partial charge < -0.3 is 21.1 Å². The number of carbonyl (C=O) groups is 3. The summed E-state index contributed by atoms with van der Waals surface area (Å²) in [6.07, 6.45) is -0.0713. The SMILES string of the molecule is CCN1CCN(C(=O)N[C@@H](CCC(N)=O)C(=O)O)CC1C. The van der Waals surface area contributed by atoms with Gasteiger partial charge >= 0.3 is 12.0 Å². The first-order chi connectivity index (χ1) is 9.85. The highest BCUT2D eigenvalue weighted by atomic mass is 16.4. The van der Waals surface area contributed by atoms with Crippen molar-refractivity contribution in [2.45, 2.75) is 38.8 Å². The Labute approximate surface area is 124 Å². The maximum Gasteiger partial charge on any atom is 0.326 e. The number of carboxylic acid groups (broad SMARTS) is 1. The maximum atomic E-state index is 12.1. The number of urea groups is 1. The zero-order chi connectivity index (χ0) is 16.0. The van der Waals surface area contributed by atoms with Gasteiger partial charge in [0.15, 0.2) is 0 Å². The Morgan fingerprint density at radius 1 is 1.38 bits per heavy atom. The molecule has 0 saturated carbocycles. The van der Waals surface area contributed by atoms with Crippen LogP contribution < -0.4 is 11.1 Å². The Hall–Kier alpha value is -1.83. The smallest absolute Gasteiger partial charge is 0.326 e. The highest BCUT2D eigenvalue weighted by Crippen LogP contribution is 2.09. The van der Waals surface area contributed by atoms with Crippen molar-refractivity contribution in [3.05, 3.63) is 0 Å². The average molecular weight is 300 g/mol. The van der Waals surface area contributed by atoms with Crippen LogP contribution in [-0.4, -0.2) is 71.1 Å². The molecular formula is C13H24N4O4. The number of primary amides is 1. The van der Waals surface area contributed by atoms with Crippen LogP contribution in [-0.2, 0) is 9.59 Å². The fourth-order valence-electron chi connectivity index (χ4n) is 2.43. The first kappa shape index (κ1) is 17.2. The summed E-state index contributed by atoms with van der Waals surface area (Å²) < 4.78 is 0. The molecule has 0 radical (unpaired) electrons. The van der Waals surface area contributed by atoms with Crippen molar-refractivity contribution in [2.75, 3.05) is 26.2 Å². The number of amides is 3. The number of carbonyl (C=O) groups excluding carboxylic acids is 2. The minimum Gasteiger partial charge on any atom is -0.480 e. The Morgan fingerprint density at radius 3 is 2.52 bits per heavy atom. The van der Waals surface area contributed by atoms with E-state index in [-0.39, 0.29) is 18.9 Å². The van der Waals surface area contributed by atoms with Crippen molar-refractivity contribution >= 4 is 17.9 Å². The molecule has 1 rings (SSSR count). The molecule has 4 N–H and O–H groups in total. The van der Waals surface area contributed by atoms with Crippen LogP contribution in [0.4, 0.5) is 4.79 Å². The number of carboxylic acids is 1. The third-order valence-corrected chi connectivity index (χ3v) is 3.73. The lowest BCUT2D eigenvalue weighted by Gasteiger charge is -2.39. The summed E-state index contributed by atoms with van der Waals surface area (Å²) in [5, 5.41) is 11.5. The third kappa shape index (κ3) is 5.22. The van der Waals surface area contributed by atoms with Gasteiger partial charge in [0.05, 0.1) is 0 Å². The molecule has 0 spiro atoms. The highest BCUT2D eigenvalue weighted by Gasteiger charge is 2.28. The Kier molecular flexibility index (Phi) is 6.41. The number of nitrogens with zero attached hydrogens (tertiary/aromatic N) is 2. The van der Waals surface area contributed by atoms with E-state index in [1.165, 1.54) is 0 Å². The van der Waals surface area contributed by atoms with Gasteiger partial charge in [-0.25, -0.2) is 9.59 Å². The molecule has 1 aliphatic rings. The predicted octanol–water partition coefficient (Wildman–Crippen LogP) is -0.559. The van der Waals surface area contributed by atoms with Gasteiger partial charge in [-0.15, -0.1) is 0 Å². The van der Waals surface area contributed by atoms with Crippen LogP contribution >= 0.6 is 0 Å². The molecule has 0 aliphatic carbocycles. The topological polar surface area (TPSA) is 116 Å². The molecular weight excluding hydrogens is 276 g/mol. The molecule has 0 aromatic carbocycles. The number of rotatable bonds is 6. The summed E-state index contributed by atoms with van der Waals surface area (Å²) in [6, 6.07) is -1.26. The van der Waals surface area contributed by atoms with Gasteiger partial charge in [-0.05, 0) is 19.9 Å². The molecule has 8 nitrogen and oxygen atoms in total. The van der Waals surface area contributed by atoms with E-state index >= 15 is 0 Å². The lowest BCUT2D eigenvalue weighted by Crippen LogP contribution is -2.57. The number of piperazine rings is 1. The van der Waals surface area contributed by atoms with Crippen LogP contribution in [0.15, 0.2) is 0 Å². The van der Waals surface area contributed by atoms with E-state index in [0.717, 1.165) is 13.1 Å². The van der Waals surface area contributed by atoms with E-state index in [1.54, 1.807) is 4.90 Å². The minimum absolute atomic E-state index is 0.000878. The zero-order valence-electron chi connectivity index (χ0n) is 12.5. The van der Waals surface area contributed by atoms with Crippen LogP contribution in [0.5, 0.6) is 0 Å². The fraction of sp³-hybridized carbons (Fsp3) is 0.769. The Balaban J connectivity index is 2.53. The molecule has 1 aliphatic heterocycles. The summed E-state index contributed by atoms with van der Waals surface area (Å²) in [5.74, 6) is -1.74. The lowest BCUT2D eigenvalue weighted by molar-refractivity contribution is -0.139. The molecule has 0 aromatic rings. The Morgan fingerprint density at radius 2 is 2.05 bits per heavy atom. The summed E-state index contributed by atoms with van der Waals surface area (Å²) in [5.41, 5.74) is 5.00. The van der Waals surface area contributed by atoms with Crippen molar-refractivity contribution in [1.82, 2.24) is 15.1 Å². The first-order valence-corrected chi connectivity index (χ1v) is 7.15. The van der Waals surface area contributed by atoms with E-state index < -0.39 is 23.9 Å². The summed E-state index contributed by atoms with van der Waals surface area (Å²) >= 11 is 0. The molecule has 21 heavy (non-hydrogen) atoms. The molecule has 0 aromatic heterocycles. The van der Waals surface area contributed by atoms with Gasteiger partial charge in [0.25, 0.3) is 0 Å². The van der Waals surface area contributed by atoms with Gasteiger partial charge in [0, 0.05) is 32.1 Å². The van der Waals surface area contributed by atoms with E-state index in [9.17, 15) is 14.4 Å². The zero-order valence-corrected chi connectivity index (χ0v) is 12.5. The second kappa shape index (κ2) is 7.82. The number of likely N-dealkylation sites (N-methyl/N-ethyl adjacent to an activating group) is 1. The standard InChI is InChI=1S/C13H24N4O4/c1-3-16-6-7-17(8-9(16)2)13(21)15-10(12(19)20)4-5-11(14)18/h9-10H,3-8H2,1-2H3,(H2,14,18)(H,15,21)(H,19,20)/t9?,10-/m0/s1. The molecule has 2 atom stereocenters. The van der Waals surface area contributed by atoms with Gasteiger partial charge in [0.1, 0.15) is 6.04 Å². The van der Waals surface area contributed by atoms with E-state index in [4.69, 9.17) is 10.8 Å². The molecule has 8 heteroatoms. The van der Waals surface area contributed by atoms with Crippen LogP contribution in [0.2, 0.25) is 0 Å². The fourth-order valence-corrected chi connectivity index (χ4v) is 2.43. The number of nitrogens with one attached hydrogen (secondary N) is 1. The van der Waals surface area contributed by atoms with Crippen LogP contribution in [0, 0.1) is 0 Å². The van der Waals surface area contributed by atoms with E-state index in [2.05, 4.69) is 17.1 Å². The normalized spacial score (nSPS) is 20.9. The average Bonchev–Trinajstić information content (AvgIpc) is 2.42. The van der Waals surface area contributed by atoms with Crippen LogP contribution in [0.25, 0.3) is 0 Å². The van der Waals surface area contributed by atoms with Crippen molar-refractivity contribution < 1.29 is 19.5 Å². The molecule has 0 bridgehead atoms. The predicted molar refractivity (Wildman–Crippen MR) is 76.7 cm³/mol. The second-order valence-electron chi connectivity index (χ2n) is 5.27. The molecule has 1 unspecified atom stereocenters. The third-order valence-electron chi connectivity index (χ3n) is 3.73. The minimum atomic E-state index is -1.16. The Bertz CT molecular complexity index is 402. The van der Waals surface area contributed by atoms with Gasteiger partial charge in [-0.3, -0.25) is 9.69 Å².